The van der Waals surface area contributed by atoms with Crippen molar-refractivity contribution in [2.45, 2.75) is 36.8 Å². The van der Waals surface area contributed by atoms with Gasteiger partial charge < -0.3 is 10.1 Å². The number of thioether (sulfide) groups is 1. The Morgan fingerprint density at radius 3 is 3.25 bits per heavy atom. The van der Waals surface area contributed by atoms with Crippen LogP contribution in [0.1, 0.15) is 34.5 Å². The quantitative estimate of drug-likeness (QED) is 0.697. The Kier molecular flexibility index (Phi) is 1.91. The highest BCUT2D eigenvalue weighted by Crippen LogP contribution is 2.65. The molecule has 7 rings (SSSR count). The number of H-pyrrole nitrogens is 1. The fourth-order valence-corrected chi connectivity index (χ4v) is 7.68. The zero-order valence-electron chi connectivity index (χ0n) is 13.0. The monoisotopic (exact) mass is 338 g/mol. The lowest BCUT2D eigenvalue weighted by Gasteiger charge is -2.49. The highest BCUT2D eigenvalue weighted by Gasteiger charge is 2.68. The molecule has 5 heterocycles. The van der Waals surface area contributed by atoms with E-state index in [1.165, 1.54) is 16.2 Å². The summed E-state index contributed by atoms with van der Waals surface area (Å²) in [5.74, 6) is 0.191. The van der Waals surface area contributed by atoms with Crippen LogP contribution in [0.5, 0.6) is 0 Å². The minimum atomic E-state index is -0.420. The van der Waals surface area contributed by atoms with Crippen molar-refractivity contribution in [2.75, 3.05) is 6.54 Å². The number of aliphatic hydroxyl groups excluding tert-OH is 1. The molecule has 4 aliphatic heterocycles. The number of aliphatic imine (C=N–C) groups is 1. The summed E-state index contributed by atoms with van der Waals surface area (Å²) in [5.41, 5.74) is 5.15. The van der Waals surface area contributed by atoms with E-state index in [4.69, 9.17) is 4.99 Å². The summed E-state index contributed by atoms with van der Waals surface area (Å²) in [4.78, 5) is 22.5. The topological polar surface area (TPSA) is 68.5 Å². The molecule has 3 bridgehead atoms. The zero-order valence-corrected chi connectivity index (χ0v) is 13.8. The lowest BCUT2D eigenvalue weighted by Crippen LogP contribution is -2.63. The molecule has 24 heavy (non-hydrogen) atoms. The zero-order chi connectivity index (χ0) is 15.8. The second-order valence-electron chi connectivity index (χ2n) is 7.89. The molecule has 0 aromatic carbocycles. The largest absolute Gasteiger partial charge is 0.382 e. The molecule has 6 aliphatic rings. The number of allylic oxidation sites excluding steroid dienone is 1. The van der Waals surface area contributed by atoms with Gasteiger partial charge in [0.25, 0.3) is 0 Å². The summed E-state index contributed by atoms with van der Waals surface area (Å²) < 4.78 is 2.40. The van der Waals surface area contributed by atoms with Crippen molar-refractivity contribution in [3.8, 4) is 0 Å². The van der Waals surface area contributed by atoms with Crippen molar-refractivity contribution < 1.29 is 14.5 Å². The van der Waals surface area contributed by atoms with E-state index in [2.05, 4.69) is 15.6 Å². The SMILES string of the molecule is O=C1C2=N[C@@H]3C[C@@]45CC([C@H](O)C=C4S3)[N+]3=C(c4c(c[nH]c41)CC3)C25. The molecule has 0 saturated carbocycles. The average Bonchev–Trinajstić information content (AvgIpc) is 3.11. The molecular formula is C18H16N3O2S+. The van der Waals surface area contributed by atoms with Crippen LogP contribution >= 0.6 is 11.8 Å². The number of ketones is 1. The van der Waals surface area contributed by atoms with E-state index in [1.54, 1.807) is 11.8 Å². The molecule has 5 atom stereocenters. The number of hydrogen-bond acceptors (Lipinski definition) is 4. The second-order valence-corrected chi connectivity index (χ2v) is 9.11. The number of nitrogens with zero attached hydrogens (tertiary/aromatic N) is 2. The molecule has 1 spiro atoms. The molecule has 120 valence electrons. The average molecular weight is 338 g/mol. The molecule has 6 heteroatoms. The third-order valence-corrected chi connectivity index (χ3v) is 8.32. The van der Waals surface area contributed by atoms with Crippen LogP contribution in [0.15, 0.2) is 22.2 Å². The van der Waals surface area contributed by atoms with Gasteiger partial charge in [0.15, 0.2) is 11.8 Å². The minimum Gasteiger partial charge on any atom is -0.382 e. The van der Waals surface area contributed by atoms with E-state index in [0.717, 1.165) is 42.8 Å². The lowest BCUT2D eigenvalue weighted by molar-refractivity contribution is -0.586. The van der Waals surface area contributed by atoms with Crippen LogP contribution in [0.25, 0.3) is 0 Å². The predicted octanol–water partition coefficient (Wildman–Crippen LogP) is 1.12. The van der Waals surface area contributed by atoms with Crippen LogP contribution < -0.4 is 0 Å². The maximum atomic E-state index is 13.1. The molecule has 2 unspecified atom stereocenters. The number of Topliss-reactive ketones (excluding diaryl/α,β-unsaturated/α-hetero) is 1. The number of rotatable bonds is 0. The number of carbonyl (C=O) groups excluding carboxylic acids is 1. The normalized spacial score (nSPS) is 43.0. The molecule has 1 aromatic heterocycles. The molecule has 2 aliphatic carbocycles. The van der Waals surface area contributed by atoms with Crippen molar-refractivity contribution in [1.82, 2.24) is 4.98 Å². The van der Waals surface area contributed by atoms with Gasteiger partial charge >= 0.3 is 0 Å². The summed E-state index contributed by atoms with van der Waals surface area (Å²) in [6.45, 7) is 0.926. The summed E-state index contributed by atoms with van der Waals surface area (Å²) in [6.07, 6.45) is 6.57. The number of aromatic amines is 1. The Morgan fingerprint density at radius 1 is 1.42 bits per heavy atom. The van der Waals surface area contributed by atoms with Crippen LogP contribution in [0.2, 0.25) is 0 Å². The number of aliphatic hydroxyl groups is 1. The van der Waals surface area contributed by atoms with Crippen molar-refractivity contribution >= 4 is 29.0 Å². The van der Waals surface area contributed by atoms with Crippen LogP contribution in [0.4, 0.5) is 0 Å². The van der Waals surface area contributed by atoms with Gasteiger partial charge in [0, 0.05) is 24.5 Å². The third kappa shape index (κ3) is 1.12. The fraction of sp³-hybridized carbons (Fsp3) is 0.500. The third-order valence-electron chi connectivity index (χ3n) is 6.97. The first-order valence-corrected chi connectivity index (χ1v) is 9.59. The molecule has 2 N–H and O–H groups in total. The maximum absolute atomic E-state index is 13.1. The number of aromatic nitrogens is 1. The van der Waals surface area contributed by atoms with E-state index in [0.29, 0.717) is 0 Å². The first-order valence-electron chi connectivity index (χ1n) is 8.71. The van der Waals surface area contributed by atoms with Crippen molar-refractivity contribution in [3.05, 3.63) is 34.0 Å². The van der Waals surface area contributed by atoms with Crippen LogP contribution in [-0.4, -0.2) is 55.9 Å². The Balaban J connectivity index is 1.66. The van der Waals surface area contributed by atoms with Gasteiger partial charge in [-0.3, -0.25) is 9.79 Å². The lowest BCUT2D eigenvalue weighted by atomic mass is 9.55. The Morgan fingerprint density at radius 2 is 2.33 bits per heavy atom. The molecular weight excluding hydrogens is 322 g/mol. The Bertz CT molecular complexity index is 971. The molecule has 1 fully saturated rings. The Hall–Kier alpha value is -1.66. The van der Waals surface area contributed by atoms with Gasteiger partial charge in [-0.2, -0.15) is 0 Å². The Labute approximate surface area is 142 Å². The predicted molar refractivity (Wildman–Crippen MR) is 89.9 cm³/mol. The van der Waals surface area contributed by atoms with Gasteiger partial charge in [0.2, 0.25) is 5.78 Å². The summed E-state index contributed by atoms with van der Waals surface area (Å²) in [7, 11) is 0. The van der Waals surface area contributed by atoms with Gasteiger partial charge in [-0.25, -0.2) is 4.58 Å². The van der Waals surface area contributed by atoms with Crippen molar-refractivity contribution in [2.24, 2.45) is 16.3 Å². The van der Waals surface area contributed by atoms with Gasteiger partial charge in [-0.1, -0.05) is 0 Å². The number of carbonyl (C=O) groups is 1. The number of fused-ring (bicyclic) bond motifs is 3. The van der Waals surface area contributed by atoms with E-state index < -0.39 is 6.10 Å². The van der Waals surface area contributed by atoms with Gasteiger partial charge in [-0.15, -0.1) is 11.8 Å². The van der Waals surface area contributed by atoms with Crippen LogP contribution in [0.3, 0.4) is 0 Å². The standard InChI is InChI=1S/C18H15N3O2S/c22-9-3-10-18-4-8(9)21-2-1-7-6-19-14-12(7)16(21)13(18)15(17(14)23)20-11(5-18)24-10/h3,6,8-9,11,13,22H,1-2,4-5H2/p+1/t8?,9-,11+,13?,18+/m1/s1. The molecule has 1 saturated heterocycles. The second kappa shape index (κ2) is 3.63. The first-order chi connectivity index (χ1) is 11.7. The number of nitrogens with one attached hydrogen (secondary N) is 1. The van der Waals surface area contributed by atoms with Gasteiger partial charge in [0.1, 0.15) is 35.3 Å². The van der Waals surface area contributed by atoms with Gasteiger partial charge in [0.05, 0.1) is 5.56 Å². The van der Waals surface area contributed by atoms with Crippen LogP contribution in [-0.2, 0) is 6.42 Å². The van der Waals surface area contributed by atoms with E-state index in [9.17, 15) is 9.90 Å². The highest BCUT2D eigenvalue weighted by atomic mass is 32.2. The van der Waals surface area contributed by atoms with E-state index in [1.807, 2.05) is 6.20 Å². The van der Waals surface area contributed by atoms with Crippen molar-refractivity contribution in [3.63, 3.8) is 0 Å². The van der Waals surface area contributed by atoms with Gasteiger partial charge in [-0.05, 0) is 23.0 Å². The highest BCUT2D eigenvalue weighted by molar-refractivity contribution is 8.04. The van der Waals surface area contributed by atoms with Crippen LogP contribution in [0, 0.1) is 11.3 Å². The molecule has 1 aromatic rings. The summed E-state index contributed by atoms with van der Waals surface area (Å²) in [5, 5.41) is 10.9. The van der Waals surface area contributed by atoms with E-state index in [-0.39, 0.29) is 28.5 Å². The first kappa shape index (κ1) is 12.7. The molecule has 5 nitrogen and oxygen atoms in total. The number of hydrogen-bond donors (Lipinski definition) is 2. The maximum Gasteiger partial charge on any atom is 0.224 e. The fourth-order valence-electron chi connectivity index (χ4n) is 6.10. The summed E-state index contributed by atoms with van der Waals surface area (Å²) >= 11 is 1.77. The molecule has 0 amide bonds. The minimum absolute atomic E-state index is 0.00137. The van der Waals surface area contributed by atoms with E-state index >= 15 is 0 Å². The smallest absolute Gasteiger partial charge is 0.224 e. The molecule has 0 radical (unpaired) electrons. The van der Waals surface area contributed by atoms with Crippen molar-refractivity contribution in [1.29, 1.82) is 0 Å². The summed E-state index contributed by atoms with van der Waals surface area (Å²) in [6, 6.07) is 0.141.